The van der Waals surface area contributed by atoms with Crippen LogP contribution in [-0.2, 0) is 0 Å². The summed E-state index contributed by atoms with van der Waals surface area (Å²) in [6, 6.07) is 6.82. The molecule has 0 radical (unpaired) electrons. The summed E-state index contributed by atoms with van der Waals surface area (Å²) in [5.41, 5.74) is 6.57. The number of rotatable bonds is 3. The van der Waals surface area contributed by atoms with Gasteiger partial charge in [-0.25, -0.2) is 0 Å². The first-order chi connectivity index (χ1) is 6.09. The van der Waals surface area contributed by atoms with Crippen LogP contribution in [-0.4, -0.2) is 5.76 Å². The van der Waals surface area contributed by atoms with E-state index in [1.807, 2.05) is 6.92 Å². The van der Waals surface area contributed by atoms with Crippen LogP contribution in [0.3, 0.4) is 0 Å². The molecule has 1 aromatic carbocycles. The smallest absolute Gasteiger partial charge is 0.288 e. The van der Waals surface area contributed by atoms with Gasteiger partial charge in [0.1, 0.15) is 0 Å². The Morgan fingerprint density at radius 1 is 1.21 bits per heavy atom. The highest BCUT2D eigenvalue weighted by Gasteiger charge is 2.05. The fourth-order valence-corrected chi connectivity index (χ4v) is 1.45. The van der Waals surface area contributed by atoms with Crippen molar-refractivity contribution in [1.29, 1.82) is 0 Å². The van der Waals surface area contributed by atoms with Gasteiger partial charge in [0.25, 0.3) is 5.76 Å². The lowest BCUT2D eigenvalue weighted by atomic mass is 10.1. The molecule has 5 heteroatoms. The Hall–Kier alpha value is -0.320. The molecule has 1 unspecified atom stereocenters. The summed E-state index contributed by atoms with van der Waals surface area (Å²) in [6.45, 7) is 1.86. The fraction of sp³-hybridized carbons (Fsp3) is 0.333. The number of benzene rings is 1. The number of thioether (sulfide) groups is 1. The average molecular weight is 240 g/mol. The Labute approximate surface area is 92.5 Å². The molecule has 0 saturated heterocycles. The molecule has 1 aromatic rings. The first kappa shape index (κ1) is 13.7. The summed E-state index contributed by atoms with van der Waals surface area (Å²) < 4.78 is 23.8. The zero-order valence-electron chi connectivity index (χ0n) is 7.61. The van der Waals surface area contributed by atoms with Gasteiger partial charge in [-0.1, -0.05) is 23.9 Å². The van der Waals surface area contributed by atoms with E-state index in [-0.39, 0.29) is 18.4 Å². The minimum absolute atomic E-state index is 0. The van der Waals surface area contributed by atoms with E-state index < -0.39 is 5.76 Å². The molecule has 0 spiro atoms. The molecule has 80 valence electrons. The van der Waals surface area contributed by atoms with Gasteiger partial charge >= 0.3 is 0 Å². The van der Waals surface area contributed by atoms with Crippen molar-refractivity contribution >= 4 is 24.2 Å². The van der Waals surface area contributed by atoms with Gasteiger partial charge in [0, 0.05) is 10.9 Å². The SMILES string of the molecule is CC(N)c1ccc(SC(F)F)cc1.Cl. The zero-order chi connectivity index (χ0) is 9.84. The van der Waals surface area contributed by atoms with Gasteiger partial charge in [-0.3, -0.25) is 0 Å². The summed E-state index contributed by atoms with van der Waals surface area (Å²) in [4.78, 5) is 0.569. The third-order valence-electron chi connectivity index (χ3n) is 1.63. The van der Waals surface area contributed by atoms with E-state index in [1.54, 1.807) is 24.3 Å². The van der Waals surface area contributed by atoms with Crippen LogP contribution < -0.4 is 5.73 Å². The minimum atomic E-state index is -2.36. The van der Waals surface area contributed by atoms with Crippen LogP contribution in [0.15, 0.2) is 29.2 Å². The average Bonchev–Trinajstić information content (AvgIpc) is 2.04. The van der Waals surface area contributed by atoms with Gasteiger partial charge in [0.2, 0.25) is 0 Å². The lowest BCUT2D eigenvalue weighted by Crippen LogP contribution is -2.04. The number of halogens is 3. The van der Waals surface area contributed by atoms with Crippen LogP contribution in [0.1, 0.15) is 18.5 Å². The molecule has 0 aliphatic carbocycles. The van der Waals surface area contributed by atoms with Crippen LogP contribution in [0.25, 0.3) is 0 Å². The first-order valence-electron chi connectivity index (χ1n) is 3.90. The summed E-state index contributed by atoms with van der Waals surface area (Å²) >= 11 is 0.545. The second kappa shape index (κ2) is 6.22. The topological polar surface area (TPSA) is 26.0 Å². The third-order valence-corrected chi connectivity index (χ3v) is 2.35. The van der Waals surface area contributed by atoms with Crippen molar-refractivity contribution in [3.63, 3.8) is 0 Å². The second-order valence-electron chi connectivity index (χ2n) is 2.74. The molecule has 0 aliphatic rings. The predicted molar refractivity (Wildman–Crippen MR) is 58.2 cm³/mol. The molecule has 1 rings (SSSR count). The van der Waals surface area contributed by atoms with Crippen LogP contribution in [0.5, 0.6) is 0 Å². The number of hydrogen-bond donors (Lipinski definition) is 1. The van der Waals surface area contributed by atoms with Crippen molar-refractivity contribution in [1.82, 2.24) is 0 Å². The van der Waals surface area contributed by atoms with Gasteiger partial charge in [-0.2, -0.15) is 8.78 Å². The largest absolute Gasteiger partial charge is 0.324 e. The van der Waals surface area contributed by atoms with Crippen molar-refractivity contribution in [3.05, 3.63) is 29.8 Å². The lowest BCUT2D eigenvalue weighted by Gasteiger charge is -2.06. The molecule has 0 aliphatic heterocycles. The van der Waals surface area contributed by atoms with Gasteiger partial charge in [0.05, 0.1) is 0 Å². The molecule has 0 fully saturated rings. The molecule has 0 amide bonds. The highest BCUT2D eigenvalue weighted by Crippen LogP contribution is 2.25. The van der Waals surface area contributed by atoms with Crippen LogP contribution in [0.2, 0.25) is 0 Å². The maximum Gasteiger partial charge on any atom is 0.288 e. The van der Waals surface area contributed by atoms with Crippen molar-refractivity contribution in [3.8, 4) is 0 Å². The predicted octanol–water partition coefficient (Wildman–Crippen LogP) is 3.44. The highest BCUT2D eigenvalue weighted by molar-refractivity contribution is 7.99. The van der Waals surface area contributed by atoms with Crippen LogP contribution in [0.4, 0.5) is 8.78 Å². The molecule has 1 nitrogen and oxygen atoms in total. The highest BCUT2D eigenvalue weighted by atomic mass is 35.5. The number of hydrogen-bond acceptors (Lipinski definition) is 2. The third kappa shape index (κ3) is 4.26. The molecule has 0 bridgehead atoms. The Kier molecular flexibility index (Phi) is 6.08. The molecule has 0 saturated carbocycles. The van der Waals surface area contributed by atoms with E-state index in [2.05, 4.69) is 0 Å². The zero-order valence-corrected chi connectivity index (χ0v) is 9.25. The normalized spacial score (nSPS) is 12.4. The van der Waals surface area contributed by atoms with Gasteiger partial charge in [-0.15, -0.1) is 12.4 Å². The van der Waals surface area contributed by atoms with Crippen molar-refractivity contribution in [2.24, 2.45) is 5.73 Å². The summed E-state index contributed by atoms with van der Waals surface area (Å²) in [6.07, 6.45) is 0. The molecule has 0 heterocycles. The van der Waals surface area contributed by atoms with E-state index in [9.17, 15) is 8.78 Å². The standard InChI is InChI=1S/C9H11F2NS.ClH/c1-6(12)7-2-4-8(5-3-7)13-9(10)11;/h2-6,9H,12H2,1H3;1H. The van der Waals surface area contributed by atoms with Crippen molar-refractivity contribution in [2.75, 3.05) is 0 Å². The van der Waals surface area contributed by atoms with E-state index in [4.69, 9.17) is 5.73 Å². The van der Waals surface area contributed by atoms with Crippen LogP contribution in [0, 0.1) is 0 Å². The summed E-state index contributed by atoms with van der Waals surface area (Å²) in [7, 11) is 0. The second-order valence-corrected chi connectivity index (χ2v) is 3.80. The molecule has 2 N–H and O–H groups in total. The van der Waals surface area contributed by atoms with Gasteiger partial charge < -0.3 is 5.73 Å². The summed E-state index contributed by atoms with van der Waals surface area (Å²) in [5.74, 6) is -2.36. The Morgan fingerprint density at radius 2 is 1.71 bits per heavy atom. The van der Waals surface area contributed by atoms with E-state index >= 15 is 0 Å². The maximum atomic E-state index is 11.9. The van der Waals surface area contributed by atoms with Crippen molar-refractivity contribution in [2.45, 2.75) is 23.6 Å². The fourth-order valence-electron chi connectivity index (χ4n) is 0.953. The Morgan fingerprint density at radius 3 is 2.07 bits per heavy atom. The molecule has 0 aromatic heterocycles. The van der Waals surface area contributed by atoms with E-state index in [0.29, 0.717) is 16.7 Å². The number of alkyl halides is 2. The first-order valence-corrected chi connectivity index (χ1v) is 4.78. The lowest BCUT2D eigenvalue weighted by molar-refractivity contribution is 0.252. The minimum Gasteiger partial charge on any atom is -0.324 e. The quantitative estimate of drug-likeness (QED) is 0.818. The molecular formula is C9H12ClF2NS. The van der Waals surface area contributed by atoms with Crippen LogP contribution >= 0.6 is 24.2 Å². The monoisotopic (exact) mass is 239 g/mol. The van der Waals surface area contributed by atoms with Gasteiger partial charge in [-0.05, 0) is 24.6 Å². The van der Waals surface area contributed by atoms with E-state index in [1.165, 1.54) is 0 Å². The Balaban J connectivity index is 0.00000169. The van der Waals surface area contributed by atoms with Crippen molar-refractivity contribution < 1.29 is 8.78 Å². The maximum absolute atomic E-state index is 11.9. The molecular weight excluding hydrogens is 228 g/mol. The Bertz CT molecular complexity index is 264. The molecule has 14 heavy (non-hydrogen) atoms. The van der Waals surface area contributed by atoms with E-state index in [0.717, 1.165) is 5.56 Å². The van der Waals surface area contributed by atoms with Gasteiger partial charge in [0.15, 0.2) is 0 Å². The molecule has 1 atom stereocenters. The number of nitrogens with two attached hydrogens (primary N) is 1. The summed E-state index contributed by atoms with van der Waals surface area (Å²) in [5, 5.41) is 0.